The van der Waals surface area contributed by atoms with E-state index in [0.29, 0.717) is 13.0 Å². The van der Waals surface area contributed by atoms with Crippen molar-refractivity contribution in [3.63, 3.8) is 0 Å². The largest absolute Gasteiger partial charge is 0.387 e. The first kappa shape index (κ1) is 11.6. The van der Waals surface area contributed by atoms with Gasteiger partial charge >= 0.3 is 0 Å². The van der Waals surface area contributed by atoms with E-state index >= 15 is 0 Å². The highest BCUT2D eigenvalue weighted by Gasteiger charge is 2.32. The minimum absolute atomic E-state index is 0.357. The lowest BCUT2D eigenvalue weighted by molar-refractivity contribution is -0.0971. The van der Waals surface area contributed by atoms with Gasteiger partial charge in [-0.3, -0.25) is 0 Å². The molecule has 0 radical (unpaired) electrons. The van der Waals surface area contributed by atoms with Crippen molar-refractivity contribution in [2.45, 2.75) is 44.2 Å². The van der Waals surface area contributed by atoms with Crippen LogP contribution in [-0.2, 0) is 11.3 Å². The molecule has 0 saturated heterocycles. The first-order valence-corrected chi connectivity index (χ1v) is 5.75. The van der Waals surface area contributed by atoms with Gasteiger partial charge in [0.25, 0.3) is 0 Å². The number of hydrogen-bond donors (Lipinski definition) is 1. The first-order valence-electron chi connectivity index (χ1n) is 5.75. The Kier molecular flexibility index (Phi) is 3.91. The Balaban J connectivity index is 1.85. The number of alkyl halides is 1. The highest BCUT2D eigenvalue weighted by molar-refractivity contribution is 5.13. The number of aliphatic hydroxyl groups excluding tert-OH is 1. The van der Waals surface area contributed by atoms with Gasteiger partial charge in [-0.15, -0.1) is 0 Å². The van der Waals surface area contributed by atoms with Gasteiger partial charge in [-0.2, -0.15) is 0 Å². The van der Waals surface area contributed by atoms with Crippen LogP contribution >= 0.6 is 0 Å². The molecule has 1 saturated carbocycles. The minimum Gasteiger partial charge on any atom is -0.387 e. The molecule has 0 unspecified atom stereocenters. The Morgan fingerprint density at radius 2 is 2.00 bits per heavy atom. The molecule has 2 nitrogen and oxygen atoms in total. The average Bonchev–Trinajstić information content (AvgIpc) is 2.32. The lowest BCUT2D eigenvalue weighted by Gasteiger charge is -2.30. The fourth-order valence-corrected chi connectivity index (χ4v) is 2.05. The van der Waals surface area contributed by atoms with E-state index < -0.39 is 12.3 Å². The predicted octanol–water partition coefficient (Wildman–Crippen LogP) is 2.45. The van der Waals surface area contributed by atoms with Crippen LogP contribution in [-0.4, -0.2) is 23.5 Å². The van der Waals surface area contributed by atoms with E-state index in [-0.39, 0.29) is 6.10 Å². The van der Waals surface area contributed by atoms with Crippen molar-refractivity contribution in [3.8, 4) is 0 Å². The quantitative estimate of drug-likeness (QED) is 0.854. The molecule has 3 atom stereocenters. The Bertz CT molecular complexity index is 315. The standard InChI is InChI=1S/C13H17FO2/c14-11-7-4-8-12(13(11)15)16-9-10-5-2-1-3-6-10/h1-3,5-6,11-13,15H,4,7-9H2/t11-,12-,13+/m0/s1. The smallest absolute Gasteiger partial charge is 0.128 e. The van der Waals surface area contributed by atoms with Gasteiger partial charge in [0.2, 0.25) is 0 Å². The summed E-state index contributed by atoms with van der Waals surface area (Å²) in [6, 6.07) is 9.74. The predicted molar refractivity (Wildman–Crippen MR) is 59.8 cm³/mol. The van der Waals surface area contributed by atoms with E-state index in [0.717, 1.165) is 18.4 Å². The van der Waals surface area contributed by atoms with Crippen LogP contribution in [0.4, 0.5) is 4.39 Å². The Labute approximate surface area is 95.1 Å². The molecule has 0 spiro atoms. The summed E-state index contributed by atoms with van der Waals surface area (Å²) in [7, 11) is 0. The summed E-state index contributed by atoms with van der Waals surface area (Å²) in [5.74, 6) is 0. The van der Waals surface area contributed by atoms with Gasteiger partial charge in [0.05, 0.1) is 12.7 Å². The Morgan fingerprint density at radius 1 is 1.25 bits per heavy atom. The maximum atomic E-state index is 13.2. The zero-order valence-corrected chi connectivity index (χ0v) is 9.18. The molecular formula is C13H17FO2. The summed E-state index contributed by atoms with van der Waals surface area (Å²) in [6.45, 7) is 0.440. The molecule has 16 heavy (non-hydrogen) atoms. The summed E-state index contributed by atoms with van der Waals surface area (Å²) in [4.78, 5) is 0. The molecule has 0 bridgehead atoms. The number of benzene rings is 1. The highest BCUT2D eigenvalue weighted by Crippen LogP contribution is 2.24. The summed E-state index contributed by atoms with van der Waals surface area (Å²) in [5.41, 5.74) is 1.05. The zero-order chi connectivity index (χ0) is 11.4. The van der Waals surface area contributed by atoms with Crippen molar-refractivity contribution in [1.29, 1.82) is 0 Å². The lowest BCUT2D eigenvalue weighted by atomic mass is 9.93. The van der Waals surface area contributed by atoms with Crippen molar-refractivity contribution in [1.82, 2.24) is 0 Å². The van der Waals surface area contributed by atoms with E-state index in [4.69, 9.17) is 4.74 Å². The summed E-state index contributed by atoms with van der Waals surface area (Å²) in [6.07, 6.45) is -0.464. The van der Waals surface area contributed by atoms with Crippen molar-refractivity contribution < 1.29 is 14.2 Å². The zero-order valence-electron chi connectivity index (χ0n) is 9.18. The third-order valence-corrected chi connectivity index (χ3v) is 3.03. The Morgan fingerprint density at radius 3 is 2.75 bits per heavy atom. The monoisotopic (exact) mass is 224 g/mol. The van der Waals surface area contributed by atoms with Gasteiger partial charge in [0.1, 0.15) is 12.3 Å². The highest BCUT2D eigenvalue weighted by atomic mass is 19.1. The lowest BCUT2D eigenvalue weighted by Crippen LogP contribution is -2.40. The number of hydrogen-bond acceptors (Lipinski definition) is 2. The average molecular weight is 224 g/mol. The van der Waals surface area contributed by atoms with Gasteiger partial charge in [-0.25, -0.2) is 4.39 Å². The van der Waals surface area contributed by atoms with E-state index in [1.165, 1.54) is 0 Å². The normalized spacial score (nSPS) is 30.2. The topological polar surface area (TPSA) is 29.5 Å². The van der Waals surface area contributed by atoms with Crippen LogP contribution in [0.5, 0.6) is 0 Å². The second-order valence-electron chi connectivity index (χ2n) is 4.27. The van der Waals surface area contributed by atoms with Gasteiger partial charge in [0.15, 0.2) is 0 Å². The SMILES string of the molecule is O[C@H]1[C@@H](OCc2ccccc2)CCC[C@@H]1F. The van der Waals surface area contributed by atoms with Crippen molar-refractivity contribution in [2.75, 3.05) is 0 Å². The molecule has 1 N–H and O–H groups in total. The Hall–Kier alpha value is -0.930. The summed E-state index contributed by atoms with van der Waals surface area (Å²) >= 11 is 0. The van der Waals surface area contributed by atoms with Gasteiger partial charge < -0.3 is 9.84 Å². The van der Waals surface area contributed by atoms with Crippen LogP contribution in [0.15, 0.2) is 30.3 Å². The van der Waals surface area contributed by atoms with E-state index in [2.05, 4.69) is 0 Å². The van der Waals surface area contributed by atoms with Crippen LogP contribution in [0, 0.1) is 0 Å². The second kappa shape index (κ2) is 5.41. The minimum atomic E-state index is -1.13. The molecular weight excluding hydrogens is 207 g/mol. The fraction of sp³-hybridized carbons (Fsp3) is 0.538. The number of ether oxygens (including phenoxy) is 1. The second-order valence-corrected chi connectivity index (χ2v) is 4.27. The van der Waals surface area contributed by atoms with Gasteiger partial charge in [-0.1, -0.05) is 30.3 Å². The van der Waals surface area contributed by atoms with Gasteiger partial charge in [-0.05, 0) is 24.8 Å². The summed E-state index contributed by atoms with van der Waals surface area (Å²) in [5, 5.41) is 9.62. The molecule has 88 valence electrons. The van der Waals surface area contributed by atoms with E-state index in [1.54, 1.807) is 0 Å². The maximum Gasteiger partial charge on any atom is 0.128 e. The molecule has 0 amide bonds. The molecule has 1 fully saturated rings. The van der Waals surface area contributed by atoms with Crippen molar-refractivity contribution in [2.24, 2.45) is 0 Å². The van der Waals surface area contributed by atoms with Crippen LogP contribution in [0.25, 0.3) is 0 Å². The molecule has 1 aromatic carbocycles. The van der Waals surface area contributed by atoms with Crippen molar-refractivity contribution >= 4 is 0 Å². The molecule has 0 heterocycles. The third kappa shape index (κ3) is 2.80. The van der Waals surface area contributed by atoms with Crippen LogP contribution in [0.3, 0.4) is 0 Å². The van der Waals surface area contributed by atoms with E-state index in [1.807, 2.05) is 30.3 Å². The van der Waals surface area contributed by atoms with Crippen molar-refractivity contribution in [3.05, 3.63) is 35.9 Å². The molecule has 2 rings (SSSR count). The van der Waals surface area contributed by atoms with Crippen LogP contribution < -0.4 is 0 Å². The van der Waals surface area contributed by atoms with Crippen LogP contribution in [0.1, 0.15) is 24.8 Å². The maximum absolute atomic E-state index is 13.2. The molecule has 1 aromatic rings. The number of rotatable bonds is 3. The first-order chi connectivity index (χ1) is 7.77. The molecule has 1 aliphatic carbocycles. The fourth-order valence-electron chi connectivity index (χ4n) is 2.05. The molecule has 1 aliphatic rings. The molecule has 0 aliphatic heterocycles. The molecule has 3 heteroatoms. The number of halogens is 1. The van der Waals surface area contributed by atoms with Crippen LogP contribution in [0.2, 0.25) is 0 Å². The number of aliphatic hydroxyl groups is 1. The summed E-state index contributed by atoms with van der Waals surface area (Å²) < 4.78 is 18.8. The van der Waals surface area contributed by atoms with Gasteiger partial charge in [0, 0.05) is 0 Å². The molecule has 0 aromatic heterocycles. The third-order valence-electron chi connectivity index (χ3n) is 3.03. The van der Waals surface area contributed by atoms with E-state index in [9.17, 15) is 9.50 Å².